The zero-order valence-electron chi connectivity index (χ0n) is 16.6. The first-order chi connectivity index (χ1) is 14.5. The van der Waals surface area contributed by atoms with Gasteiger partial charge >= 0.3 is 11.9 Å². The summed E-state index contributed by atoms with van der Waals surface area (Å²) in [7, 11) is 2.74. The first kappa shape index (κ1) is 21.2. The first-order valence-electron chi connectivity index (χ1n) is 9.08. The van der Waals surface area contributed by atoms with Crippen LogP contribution in [0.3, 0.4) is 0 Å². The van der Waals surface area contributed by atoms with Crippen LogP contribution in [0.2, 0.25) is 0 Å². The fourth-order valence-electron chi connectivity index (χ4n) is 2.74. The van der Waals surface area contributed by atoms with Crippen LogP contribution in [0, 0.1) is 13.8 Å². The Morgan fingerprint density at radius 1 is 0.867 bits per heavy atom. The van der Waals surface area contributed by atoms with Crippen molar-refractivity contribution < 1.29 is 19.1 Å². The van der Waals surface area contributed by atoms with Crippen molar-refractivity contribution in [1.29, 1.82) is 0 Å². The van der Waals surface area contributed by atoms with Gasteiger partial charge in [0.25, 0.3) is 0 Å². The molecule has 0 aromatic carbocycles. The smallest absolute Gasteiger partial charge is 0.360 e. The van der Waals surface area contributed by atoms with E-state index >= 15 is 0 Å². The number of aryl methyl sites for hydroxylation is 2. The third-order valence-corrected chi connectivity index (χ3v) is 8.92. The van der Waals surface area contributed by atoms with Gasteiger partial charge in [0.05, 0.1) is 34.4 Å². The Hall–Kier alpha value is -2.02. The van der Waals surface area contributed by atoms with E-state index in [4.69, 9.17) is 9.47 Å². The van der Waals surface area contributed by atoms with Gasteiger partial charge in [0.1, 0.15) is 9.66 Å². The zero-order valence-corrected chi connectivity index (χ0v) is 19.9. The molecular formula is C18H18N4O4S4. The highest BCUT2D eigenvalue weighted by Crippen LogP contribution is 2.46. The molecule has 0 fully saturated rings. The lowest BCUT2D eigenvalue weighted by Crippen LogP contribution is -2.07. The molecule has 4 aromatic rings. The van der Waals surface area contributed by atoms with E-state index in [1.165, 1.54) is 44.3 Å². The number of esters is 2. The quantitative estimate of drug-likeness (QED) is 0.272. The number of ether oxygens (including phenoxy) is 2. The van der Waals surface area contributed by atoms with E-state index < -0.39 is 11.9 Å². The van der Waals surface area contributed by atoms with Crippen LogP contribution in [0.1, 0.15) is 46.2 Å². The monoisotopic (exact) mass is 482 g/mol. The molecule has 0 saturated carbocycles. The zero-order chi connectivity index (χ0) is 21.4. The van der Waals surface area contributed by atoms with E-state index in [0.717, 1.165) is 21.0 Å². The minimum atomic E-state index is -0.464. The van der Waals surface area contributed by atoms with Crippen molar-refractivity contribution in [2.75, 3.05) is 13.2 Å². The molecule has 0 amide bonds. The predicted molar refractivity (Wildman–Crippen MR) is 119 cm³/mol. The van der Waals surface area contributed by atoms with Crippen molar-refractivity contribution in [2.24, 2.45) is 0 Å². The topological polar surface area (TPSA) is 87.2 Å². The fourth-order valence-corrected chi connectivity index (χ4v) is 7.67. The largest absolute Gasteiger partial charge is 0.461 e. The van der Waals surface area contributed by atoms with E-state index in [2.05, 4.69) is 10.2 Å². The van der Waals surface area contributed by atoms with Gasteiger partial charge in [-0.15, -0.1) is 22.7 Å². The standard InChI is InChI=1S/C18H18N4O4S4/c1-5-25-17(23)11-13(15-21(19-11)9(3)7-27-15)29-30-14-12(18(24)26-6-2)20-22-10(4)8-28-16(14)22/h7-8H,5-6H2,1-4H3. The molecule has 12 heteroatoms. The number of rotatable bonds is 7. The van der Waals surface area contributed by atoms with Crippen LogP contribution in [0.25, 0.3) is 9.66 Å². The van der Waals surface area contributed by atoms with Crippen LogP contribution in [-0.4, -0.2) is 44.4 Å². The second-order valence-electron chi connectivity index (χ2n) is 6.15. The Bertz CT molecular complexity index is 1160. The van der Waals surface area contributed by atoms with Gasteiger partial charge in [-0.25, -0.2) is 18.6 Å². The highest BCUT2D eigenvalue weighted by atomic mass is 33.1. The summed E-state index contributed by atoms with van der Waals surface area (Å²) in [5.41, 5.74) is 2.42. The molecule has 0 radical (unpaired) electrons. The van der Waals surface area contributed by atoms with E-state index in [0.29, 0.717) is 9.79 Å². The van der Waals surface area contributed by atoms with Crippen LogP contribution in [0.5, 0.6) is 0 Å². The molecule has 4 heterocycles. The summed E-state index contributed by atoms with van der Waals surface area (Å²) < 4.78 is 13.9. The van der Waals surface area contributed by atoms with Gasteiger partial charge in [-0.3, -0.25) is 0 Å². The van der Waals surface area contributed by atoms with Crippen LogP contribution in [0.15, 0.2) is 20.6 Å². The second kappa shape index (κ2) is 8.61. The van der Waals surface area contributed by atoms with Gasteiger partial charge < -0.3 is 9.47 Å². The Labute approximate surface area is 187 Å². The Balaban J connectivity index is 1.75. The third-order valence-electron chi connectivity index (χ3n) is 4.10. The molecule has 158 valence electrons. The second-order valence-corrected chi connectivity index (χ2v) is 10.0. The molecule has 30 heavy (non-hydrogen) atoms. The lowest BCUT2D eigenvalue weighted by atomic mass is 10.4. The summed E-state index contributed by atoms with van der Waals surface area (Å²) in [4.78, 5) is 28.1. The van der Waals surface area contributed by atoms with Crippen LogP contribution in [-0.2, 0) is 9.47 Å². The average molecular weight is 483 g/mol. The fraction of sp³-hybridized carbons (Fsp3) is 0.333. The van der Waals surface area contributed by atoms with Gasteiger partial charge in [0.2, 0.25) is 0 Å². The molecule has 0 bridgehead atoms. The molecule has 0 spiro atoms. The van der Waals surface area contributed by atoms with E-state index in [9.17, 15) is 9.59 Å². The lowest BCUT2D eigenvalue weighted by Gasteiger charge is -2.03. The van der Waals surface area contributed by atoms with Crippen molar-refractivity contribution in [3.63, 3.8) is 0 Å². The van der Waals surface area contributed by atoms with Crippen LogP contribution in [0.4, 0.5) is 0 Å². The van der Waals surface area contributed by atoms with Crippen LogP contribution >= 0.6 is 44.3 Å². The molecule has 0 saturated heterocycles. The number of nitrogens with zero attached hydrogens (tertiary/aromatic N) is 4. The molecule has 0 unspecified atom stereocenters. The summed E-state index contributed by atoms with van der Waals surface area (Å²) in [5, 5.41) is 12.9. The molecule has 0 aliphatic rings. The van der Waals surface area contributed by atoms with Crippen molar-refractivity contribution >= 4 is 65.9 Å². The maximum Gasteiger partial charge on any atom is 0.360 e. The van der Waals surface area contributed by atoms with Gasteiger partial charge in [-0.05, 0) is 49.3 Å². The van der Waals surface area contributed by atoms with Gasteiger partial charge in [-0.1, -0.05) is 0 Å². The predicted octanol–water partition coefficient (Wildman–Crippen LogP) is 4.87. The normalized spacial score (nSPS) is 11.5. The molecule has 4 aromatic heterocycles. The Morgan fingerprint density at radius 2 is 1.27 bits per heavy atom. The number of carbonyl (C=O) groups excluding carboxylic acids is 2. The molecule has 0 atom stereocenters. The first-order valence-corrected chi connectivity index (χ1v) is 13.0. The summed E-state index contributed by atoms with van der Waals surface area (Å²) >= 11 is 3.02. The molecular weight excluding hydrogens is 464 g/mol. The Morgan fingerprint density at radius 3 is 1.63 bits per heavy atom. The number of thiazole rings is 2. The SMILES string of the molecule is CCOC(=O)c1nn2c(C)csc2c1SSc1c(C(=O)OCC)nn2c(C)csc12. The number of hydrogen-bond donors (Lipinski definition) is 0. The Kier molecular flexibility index (Phi) is 6.09. The third kappa shape index (κ3) is 3.61. The number of carbonyl (C=O) groups is 2. The maximum atomic E-state index is 12.5. The minimum absolute atomic E-state index is 0.270. The average Bonchev–Trinajstić information content (AvgIpc) is 3.44. The van der Waals surface area contributed by atoms with E-state index in [1.54, 1.807) is 22.9 Å². The molecule has 0 aliphatic carbocycles. The number of aromatic nitrogens is 4. The van der Waals surface area contributed by atoms with Gasteiger partial charge in [-0.2, -0.15) is 10.2 Å². The van der Waals surface area contributed by atoms with Crippen molar-refractivity contribution in [3.05, 3.63) is 33.5 Å². The summed E-state index contributed by atoms with van der Waals surface area (Å²) in [6.45, 7) is 7.93. The molecule has 0 aliphatic heterocycles. The lowest BCUT2D eigenvalue weighted by molar-refractivity contribution is 0.0505. The minimum Gasteiger partial charge on any atom is -0.461 e. The molecule has 0 N–H and O–H groups in total. The summed E-state index contributed by atoms with van der Waals surface area (Å²) in [5.74, 6) is -0.928. The highest BCUT2D eigenvalue weighted by molar-refractivity contribution is 8.76. The molecule has 8 nitrogen and oxygen atoms in total. The highest BCUT2D eigenvalue weighted by Gasteiger charge is 2.27. The van der Waals surface area contributed by atoms with E-state index in [1.807, 2.05) is 24.6 Å². The van der Waals surface area contributed by atoms with Crippen molar-refractivity contribution in [3.8, 4) is 0 Å². The number of hydrogen-bond acceptors (Lipinski definition) is 10. The van der Waals surface area contributed by atoms with Crippen LogP contribution < -0.4 is 0 Å². The van der Waals surface area contributed by atoms with Gasteiger partial charge in [0, 0.05) is 10.8 Å². The van der Waals surface area contributed by atoms with Gasteiger partial charge in [0.15, 0.2) is 11.4 Å². The maximum absolute atomic E-state index is 12.5. The number of fused-ring (bicyclic) bond motifs is 2. The van der Waals surface area contributed by atoms with Crippen molar-refractivity contribution in [2.45, 2.75) is 37.5 Å². The van der Waals surface area contributed by atoms with E-state index in [-0.39, 0.29) is 24.6 Å². The van der Waals surface area contributed by atoms with Crippen molar-refractivity contribution in [1.82, 2.24) is 19.2 Å². The summed E-state index contributed by atoms with van der Waals surface area (Å²) in [6, 6.07) is 0. The molecule has 4 rings (SSSR count). The summed E-state index contributed by atoms with van der Waals surface area (Å²) in [6.07, 6.45) is 0.